The lowest BCUT2D eigenvalue weighted by atomic mass is 9.96. The summed E-state index contributed by atoms with van der Waals surface area (Å²) in [6.45, 7) is -0.239. The molecule has 100 valence electrons. The Bertz CT molecular complexity index is 415. The molecule has 0 radical (unpaired) electrons. The lowest BCUT2D eigenvalue weighted by Crippen LogP contribution is -2.23. The SMILES string of the molecule is Cc1ccccc1C(COCC(F)(F)F)C(=O)O. The molecule has 0 heterocycles. The fourth-order valence-corrected chi connectivity index (χ4v) is 1.56. The highest BCUT2D eigenvalue weighted by atomic mass is 19.4. The monoisotopic (exact) mass is 262 g/mol. The molecule has 1 atom stereocenters. The van der Waals surface area contributed by atoms with Crippen LogP contribution in [0.4, 0.5) is 13.2 Å². The van der Waals surface area contributed by atoms with Crippen molar-refractivity contribution in [2.45, 2.75) is 19.0 Å². The summed E-state index contributed by atoms with van der Waals surface area (Å²) in [6.07, 6.45) is -4.45. The lowest BCUT2D eigenvalue weighted by Gasteiger charge is -2.16. The zero-order valence-corrected chi connectivity index (χ0v) is 9.70. The molecule has 18 heavy (non-hydrogen) atoms. The Kier molecular flexibility index (Phi) is 4.72. The number of halogens is 3. The highest BCUT2D eigenvalue weighted by Crippen LogP contribution is 2.22. The molecule has 3 nitrogen and oxygen atoms in total. The predicted octanol–water partition coefficient (Wildman–Crippen LogP) is 2.74. The second-order valence-corrected chi connectivity index (χ2v) is 3.88. The van der Waals surface area contributed by atoms with Gasteiger partial charge in [-0.25, -0.2) is 0 Å². The molecule has 0 aliphatic heterocycles. The van der Waals surface area contributed by atoms with Gasteiger partial charge in [-0.15, -0.1) is 0 Å². The summed E-state index contributed by atoms with van der Waals surface area (Å²) in [7, 11) is 0. The quantitative estimate of drug-likeness (QED) is 0.887. The first kappa shape index (κ1) is 14.5. The van der Waals surface area contributed by atoms with E-state index in [1.807, 2.05) is 0 Å². The molecule has 0 aromatic heterocycles. The number of ether oxygens (including phenoxy) is 1. The molecule has 0 saturated carbocycles. The molecule has 1 unspecified atom stereocenters. The van der Waals surface area contributed by atoms with Gasteiger partial charge < -0.3 is 9.84 Å². The molecule has 0 bridgehead atoms. The van der Waals surface area contributed by atoms with Crippen LogP contribution in [0, 0.1) is 6.92 Å². The van der Waals surface area contributed by atoms with Crippen LogP contribution in [-0.4, -0.2) is 30.5 Å². The Morgan fingerprint density at radius 2 is 2.00 bits per heavy atom. The first-order valence-corrected chi connectivity index (χ1v) is 5.24. The molecule has 0 aliphatic rings. The van der Waals surface area contributed by atoms with E-state index in [9.17, 15) is 18.0 Å². The van der Waals surface area contributed by atoms with Crippen molar-refractivity contribution in [1.29, 1.82) is 0 Å². The van der Waals surface area contributed by atoms with Gasteiger partial charge >= 0.3 is 12.1 Å². The van der Waals surface area contributed by atoms with E-state index in [1.54, 1.807) is 31.2 Å². The molecule has 1 N–H and O–H groups in total. The summed E-state index contributed by atoms with van der Waals surface area (Å²) in [6, 6.07) is 6.65. The van der Waals surface area contributed by atoms with Crippen LogP contribution in [-0.2, 0) is 9.53 Å². The summed E-state index contributed by atoms with van der Waals surface area (Å²) in [5.41, 5.74) is 1.17. The van der Waals surface area contributed by atoms with Gasteiger partial charge in [0.2, 0.25) is 0 Å². The summed E-state index contributed by atoms with van der Waals surface area (Å²) >= 11 is 0. The molecular formula is C12H13F3O3. The molecule has 0 spiro atoms. The largest absolute Gasteiger partial charge is 0.481 e. The van der Waals surface area contributed by atoms with E-state index in [-0.39, 0.29) is 0 Å². The van der Waals surface area contributed by atoms with Crippen molar-refractivity contribution >= 4 is 5.97 Å². The van der Waals surface area contributed by atoms with E-state index >= 15 is 0 Å². The number of carboxylic acid groups (broad SMARTS) is 1. The van der Waals surface area contributed by atoms with Gasteiger partial charge in [-0.2, -0.15) is 13.2 Å². The summed E-state index contributed by atoms with van der Waals surface area (Å²) in [4.78, 5) is 11.0. The van der Waals surface area contributed by atoms with Gasteiger partial charge in [0.05, 0.1) is 6.61 Å². The number of rotatable bonds is 5. The van der Waals surface area contributed by atoms with Crippen molar-refractivity contribution in [2.24, 2.45) is 0 Å². The summed E-state index contributed by atoms with van der Waals surface area (Å²) in [5.74, 6) is -2.29. The van der Waals surface area contributed by atoms with Gasteiger partial charge in [-0.05, 0) is 18.1 Å². The standard InChI is InChI=1S/C12H13F3O3/c1-8-4-2-3-5-9(8)10(11(16)17)6-18-7-12(13,14)15/h2-5,10H,6-7H2,1H3,(H,16,17). The second-order valence-electron chi connectivity index (χ2n) is 3.88. The van der Waals surface area contributed by atoms with Gasteiger partial charge in [0, 0.05) is 0 Å². The van der Waals surface area contributed by atoms with Gasteiger partial charge in [-0.1, -0.05) is 24.3 Å². The average Bonchev–Trinajstić information content (AvgIpc) is 2.24. The van der Waals surface area contributed by atoms with E-state index in [1.165, 1.54) is 0 Å². The molecule has 0 aliphatic carbocycles. The van der Waals surface area contributed by atoms with Gasteiger partial charge in [-0.3, -0.25) is 4.79 Å². The Labute approximate surface area is 102 Å². The van der Waals surface area contributed by atoms with Crippen LogP contribution in [0.25, 0.3) is 0 Å². The molecule has 0 saturated heterocycles. The minimum absolute atomic E-state index is 0.465. The molecule has 1 aromatic carbocycles. The number of alkyl halides is 3. The van der Waals surface area contributed by atoms with Crippen LogP contribution in [0.1, 0.15) is 17.0 Å². The summed E-state index contributed by atoms with van der Waals surface area (Å²) < 4.78 is 40.2. The zero-order chi connectivity index (χ0) is 13.8. The highest BCUT2D eigenvalue weighted by molar-refractivity contribution is 5.76. The Balaban J connectivity index is 2.73. The van der Waals surface area contributed by atoms with Crippen molar-refractivity contribution in [3.05, 3.63) is 35.4 Å². The van der Waals surface area contributed by atoms with E-state index in [2.05, 4.69) is 4.74 Å². The van der Waals surface area contributed by atoms with E-state index in [0.717, 1.165) is 0 Å². The number of carbonyl (C=O) groups is 1. The third kappa shape index (κ3) is 4.37. The van der Waals surface area contributed by atoms with Crippen molar-refractivity contribution < 1.29 is 27.8 Å². The molecule has 1 rings (SSSR count). The number of benzene rings is 1. The number of aliphatic carboxylic acids is 1. The first-order valence-electron chi connectivity index (χ1n) is 5.24. The fourth-order valence-electron chi connectivity index (χ4n) is 1.56. The average molecular weight is 262 g/mol. The molecule has 6 heteroatoms. The third-order valence-electron chi connectivity index (χ3n) is 2.41. The topological polar surface area (TPSA) is 46.5 Å². The molecular weight excluding hydrogens is 249 g/mol. The minimum atomic E-state index is -4.45. The molecule has 0 amide bonds. The van der Waals surface area contributed by atoms with Gasteiger partial charge in [0.1, 0.15) is 12.5 Å². The maximum absolute atomic E-state index is 11.9. The van der Waals surface area contributed by atoms with Crippen LogP contribution < -0.4 is 0 Å². The Morgan fingerprint density at radius 1 is 1.39 bits per heavy atom. The second kappa shape index (κ2) is 5.86. The third-order valence-corrected chi connectivity index (χ3v) is 2.41. The van der Waals surface area contributed by atoms with Crippen LogP contribution >= 0.6 is 0 Å². The Morgan fingerprint density at radius 3 is 2.50 bits per heavy atom. The molecule has 1 aromatic rings. The van der Waals surface area contributed by atoms with Crippen LogP contribution in [0.3, 0.4) is 0 Å². The normalized spacial score (nSPS) is 13.3. The first-order chi connectivity index (χ1) is 8.31. The highest BCUT2D eigenvalue weighted by Gasteiger charge is 2.29. The van der Waals surface area contributed by atoms with E-state index in [0.29, 0.717) is 11.1 Å². The number of hydrogen-bond acceptors (Lipinski definition) is 2. The van der Waals surface area contributed by atoms with E-state index in [4.69, 9.17) is 5.11 Å². The number of hydrogen-bond donors (Lipinski definition) is 1. The van der Waals surface area contributed by atoms with Crippen molar-refractivity contribution in [1.82, 2.24) is 0 Å². The van der Waals surface area contributed by atoms with Crippen molar-refractivity contribution in [2.75, 3.05) is 13.2 Å². The van der Waals surface area contributed by atoms with Crippen LogP contribution in [0.15, 0.2) is 24.3 Å². The molecule has 0 fully saturated rings. The zero-order valence-electron chi connectivity index (χ0n) is 9.70. The van der Waals surface area contributed by atoms with Crippen molar-refractivity contribution in [3.8, 4) is 0 Å². The predicted molar refractivity (Wildman–Crippen MR) is 58.4 cm³/mol. The minimum Gasteiger partial charge on any atom is -0.481 e. The summed E-state index contributed by atoms with van der Waals surface area (Å²) in [5, 5.41) is 9.02. The maximum atomic E-state index is 11.9. The maximum Gasteiger partial charge on any atom is 0.411 e. The van der Waals surface area contributed by atoms with Gasteiger partial charge in [0.25, 0.3) is 0 Å². The van der Waals surface area contributed by atoms with Gasteiger partial charge in [0.15, 0.2) is 0 Å². The fraction of sp³-hybridized carbons (Fsp3) is 0.417. The lowest BCUT2D eigenvalue weighted by molar-refractivity contribution is -0.177. The van der Waals surface area contributed by atoms with E-state index < -0.39 is 31.3 Å². The number of carboxylic acids is 1. The van der Waals surface area contributed by atoms with Crippen molar-refractivity contribution in [3.63, 3.8) is 0 Å². The smallest absolute Gasteiger partial charge is 0.411 e. The van der Waals surface area contributed by atoms with Crippen LogP contribution in [0.2, 0.25) is 0 Å². The number of aryl methyl sites for hydroxylation is 1. The Hall–Kier alpha value is -1.56. The van der Waals surface area contributed by atoms with Crippen LogP contribution in [0.5, 0.6) is 0 Å².